The molecular formula is C17H14BrN3O2. The molecule has 1 aromatic heterocycles. The quantitative estimate of drug-likeness (QED) is 0.738. The van der Waals surface area contributed by atoms with Gasteiger partial charge >= 0.3 is 0 Å². The minimum Gasteiger partial charge on any atom is -0.366 e. The lowest BCUT2D eigenvalue weighted by Crippen LogP contribution is -2.18. The third-order valence-electron chi connectivity index (χ3n) is 3.50. The summed E-state index contributed by atoms with van der Waals surface area (Å²) >= 11 is 3.43. The van der Waals surface area contributed by atoms with Gasteiger partial charge in [-0.3, -0.25) is 9.59 Å². The number of benzene rings is 2. The Balaban J connectivity index is 1.72. The van der Waals surface area contributed by atoms with E-state index < -0.39 is 5.91 Å². The number of fused-ring (bicyclic) bond motifs is 1. The van der Waals surface area contributed by atoms with Crippen molar-refractivity contribution < 1.29 is 9.59 Å². The van der Waals surface area contributed by atoms with Gasteiger partial charge in [0.25, 0.3) is 0 Å². The van der Waals surface area contributed by atoms with Crippen molar-refractivity contribution in [2.45, 2.75) is 6.54 Å². The zero-order valence-corrected chi connectivity index (χ0v) is 13.7. The molecule has 0 unspecified atom stereocenters. The monoisotopic (exact) mass is 371 g/mol. The zero-order chi connectivity index (χ0) is 16.4. The van der Waals surface area contributed by atoms with E-state index in [9.17, 15) is 9.59 Å². The number of rotatable bonds is 4. The van der Waals surface area contributed by atoms with Gasteiger partial charge in [-0.2, -0.15) is 0 Å². The number of hydrogen-bond donors (Lipinski definition) is 2. The van der Waals surface area contributed by atoms with Crippen LogP contribution < -0.4 is 11.1 Å². The predicted octanol–water partition coefficient (Wildman–Crippen LogP) is 3.14. The maximum atomic E-state index is 12.2. The smallest absolute Gasteiger partial charge is 0.248 e. The maximum absolute atomic E-state index is 12.2. The molecule has 0 aliphatic rings. The fraction of sp³-hybridized carbons (Fsp3) is 0.0588. The van der Waals surface area contributed by atoms with Crippen molar-refractivity contribution in [2.24, 2.45) is 5.73 Å². The van der Waals surface area contributed by atoms with Crippen LogP contribution in [0.5, 0.6) is 0 Å². The first kappa shape index (κ1) is 15.3. The van der Waals surface area contributed by atoms with Crippen molar-refractivity contribution in [2.75, 3.05) is 5.32 Å². The largest absolute Gasteiger partial charge is 0.366 e. The van der Waals surface area contributed by atoms with Crippen LogP contribution in [-0.4, -0.2) is 16.4 Å². The van der Waals surface area contributed by atoms with Crippen LogP contribution in [0, 0.1) is 0 Å². The first-order valence-corrected chi connectivity index (χ1v) is 7.76. The summed E-state index contributed by atoms with van der Waals surface area (Å²) in [6, 6.07) is 14.4. The van der Waals surface area contributed by atoms with Gasteiger partial charge in [-0.15, -0.1) is 0 Å². The molecule has 0 saturated carbocycles. The van der Waals surface area contributed by atoms with E-state index in [2.05, 4.69) is 21.2 Å². The average molecular weight is 372 g/mol. The van der Waals surface area contributed by atoms with E-state index >= 15 is 0 Å². The fourth-order valence-electron chi connectivity index (χ4n) is 2.38. The summed E-state index contributed by atoms with van der Waals surface area (Å²) in [5.41, 5.74) is 7.21. The maximum Gasteiger partial charge on any atom is 0.248 e. The van der Waals surface area contributed by atoms with Crippen LogP contribution >= 0.6 is 15.9 Å². The molecule has 0 bridgehead atoms. The average Bonchev–Trinajstić information content (AvgIpc) is 2.89. The first-order valence-electron chi connectivity index (χ1n) is 6.97. The van der Waals surface area contributed by atoms with Crippen LogP contribution in [0.3, 0.4) is 0 Å². The molecule has 0 aliphatic heterocycles. The van der Waals surface area contributed by atoms with Gasteiger partial charge in [-0.1, -0.05) is 15.9 Å². The number of carbonyl (C=O) groups excluding carboxylic acids is 2. The SMILES string of the molecule is NC(=O)c1ccc(NC(=O)Cn2ccc3cc(Br)ccc32)cc1. The summed E-state index contributed by atoms with van der Waals surface area (Å²) in [5.74, 6) is -0.634. The van der Waals surface area contributed by atoms with E-state index in [1.54, 1.807) is 24.3 Å². The Bertz CT molecular complexity index is 884. The van der Waals surface area contributed by atoms with Crippen molar-refractivity contribution in [3.8, 4) is 0 Å². The molecule has 0 radical (unpaired) electrons. The molecule has 0 fully saturated rings. The molecule has 1 heterocycles. The van der Waals surface area contributed by atoms with Gasteiger partial charge in [-0.05, 0) is 48.5 Å². The third-order valence-corrected chi connectivity index (χ3v) is 3.99. The predicted molar refractivity (Wildman–Crippen MR) is 93.2 cm³/mol. The minimum atomic E-state index is -0.493. The standard InChI is InChI=1S/C17H14BrN3O2/c18-13-3-6-15-12(9-13)7-8-21(15)10-16(22)20-14-4-1-11(2-5-14)17(19)23/h1-9H,10H2,(H2,19,23)(H,20,22). The third kappa shape index (κ3) is 3.43. The van der Waals surface area contributed by atoms with Gasteiger partial charge in [0.2, 0.25) is 11.8 Å². The number of carbonyl (C=O) groups is 2. The molecular weight excluding hydrogens is 358 g/mol. The van der Waals surface area contributed by atoms with Crippen LogP contribution in [0.15, 0.2) is 59.2 Å². The Labute approximate surface area is 141 Å². The van der Waals surface area contributed by atoms with Crippen LogP contribution in [0.25, 0.3) is 10.9 Å². The number of nitrogens with one attached hydrogen (secondary N) is 1. The highest BCUT2D eigenvalue weighted by atomic mass is 79.9. The van der Waals surface area contributed by atoms with E-state index in [-0.39, 0.29) is 12.5 Å². The number of aromatic nitrogens is 1. The number of hydrogen-bond acceptors (Lipinski definition) is 2. The molecule has 116 valence electrons. The summed E-state index contributed by atoms with van der Waals surface area (Å²) in [7, 11) is 0. The van der Waals surface area contributed by atoms with Crippen molar-refractivity contribution in [3.05, 3.63) is 64.8 Å². The van der Waals surface area contributed by atoms with Gasteiger partial charge in [0.15, 0.2) is 0 Å². The van der Waals surface area contributed by atoms with Crippen LogP contribution in [0.4, 0.5) is 5.69 Å². The van der Waals surface area contributed by atoms with Gasteiger partial charge in [0, 0.05) is 32.8 Å². The summed E-state index contributed by atoms with van der Waals surface area (Å²) < 4.78 is 2.89. The lowest BCUT2D eigenvalue weighted by atomic mass is 10.2. The zero-order valence-electron chi connectivity index (χ0n) is 12.1. The van der Waals surface area contributed by atoms with Crippen molar-refractivity contribution >= 4 is 44.3 Å². The highest BCUT2D eigenvalue weighted by molar-refractivity contribution is 9.10. The van der Waals surface area contributed by atoms with Gasteiger partial charge in [0.05, 0.1) is 0 Å². The van der Waals surface area contributed by atoms with Crippen LogP contribution in [-0.2, 0) is 11.3 Å². The lowest BCUT2D eigenvalue weighted by Gasteiger charge is -2.08. The molecule has 0 atom stereocenters. The molecule has 3 N–H and O–H groups in total. The molecule has 3 aromatic rings. The second-order valence-corrected chi connectivity index (χ2v) is 6.05. The molecule has 2 amide bonds. The molecule has 0 aliphatic carbocycles. The Morgan fingerprint density at radius 1 is 1.09 bits per heavy atom. The number of halogens is 1. The lowest BCUT2D eigenvalue weighted by molar-refractivity contribution is -0.116. The Morgan fingerprint density at radius 3 is 2.52 bits per heavy atom. The van der Waals surface area contributed by atoms with Crippen LogP contribution in [0.1, 0.15) is 10.4 Å². The fourth-order valence-corrected chi connectivity index (χ4v) is 2.76. The Kier molecular flexibility index (Phi) is 4.16. The van der Waals surface area contributed by atoms with Gasteiger partial charge in [0.1, 0.15) is 6.54 Å². The second-order valence-electron chi connectivity index (χ2n) is 5.14. The molecule has 6 heteroatoms. The first-order chi connectivity index (χ1) is 11.0. The highest BCUT2D eigenvalue weighted by Crippen LogP contribution is 2.21. The Morgan fingerprint density at radius 2 is 1.83 bits per heavy atom. The number of primary amides is 1. The van der Waals surface area contributed by atoms with Crippen molar-refractivity contribution in [1.82, 2.24) is 4.57 Å². The molecule has 0 spiro atoms. The number of amides is 2. The van der Waals surface area contributed by atoms with E-state index in [1.807, 2.05) is 35.0 Å². The van der Waals surface area contributed by atoms with E-state index in [0.717, 1.165) is 15.4 Å². The number of anilines is 1. The second kappa shape index (κ2) is 6.26. The highest BCUT2D eigenvalue weighted by Gasteiger charge is 2.08. The molecule has 0 saturated heterocycles. The van der Waals surface area contributed by atoms with E-state index in [4.69, 9.17) is 5.73 Å². The Hall–Kier alpha value is -2.60. The molecule has 5 nitrogen and oxygen atoms in total. The normalized spacial score (nSPS) is 10.7. The molecule has 3 rings (SSSR count). The van der Waals surface area contributed by atoms with E-state index in [0.29, 0.717) is 11.3 Å². The topological polar surface area (TPSA) is 77.1 Å². The number of nitrogens with two attached hydrogens (primary N) is 1. The molecule has 23 heavy (non-hydrogen) atoms. The van der Waals surface area contributed by atoms with Crippen LogP contribution in [0.2, 0.25) is 0 Å². The summed E-state index contributed by atoms with van der Waals surface area (Å²) in [5, 5.41) is 3.87. The van der Waals surface area contributed by atoms with E-state index in [1.165, 1.54) is 0 Å². The van der Waals surface area contributed by atoms with Gasteiger partial charge in [-0.25, -0.2) is 0 Å². The summed E-state index contributed by atoms with van der Waals surface area (Å²) in [6.07, 6.45) is 1.88. The van der Waals surface area contributed by atoms with Gasteiger partial charge < -0.3 is 15.6 Å². The molecule has 2 aromatic carbocycles. The van der Waals surface area contributed by atoms with Crippen molar-refractivity contribution in [3.63, 3.8) is 0 Å². The van der Waals surface area contributed by atoms with Crippen molar-refractivity contribution in [1.29, 1.82) is 0 Å². The minimum absolute atomic E-state index is 0.141. The summed E-state index contributed by atoms with van der Waals surface area (Å²) in [4.78, 5) is 23.2. The summed E-state index contributed by atoms with van der Waals surface area (Å²) in [6.45, 7) is 0.211. The number of nitrogens with zero attached hydrogens (tertiary/aromatic N) is 1.